The van der Waals surface area contributed by atoms with Crippen molar-refractivity contribution in [1.82, 2.24) is 15.2 Å². The van der Waals surface area contributed by atoms with Gasteiger partial charge in [0, 0.05) is 11.6 Å². The number of amides is 1. The molecule has 0 aliphatic rings. The molecule has 0 atom stereocenters. The van der Waals surface area contributed by atoms with Gasteiger partial charge in [0.05, 0.1) is 18.6 Å². The number of H-pyrrole nitrogens is 1. The minimum Gasteiger partial charge on any atom is -0.497 e. The first-order valence-electron chi connectivity index (χ1n) is 7.95. The van der Waals surface area contributed by atoms with Crippen LogP contribution >= 0.6 is 11.8 Å². The van der Waals surface area contributed by atoms with E-state index in [1.165, 1.54) is 7.11 Å². The van der Waals surface area contributed by atoms with Gasteiger partial charge >= 0.3 is 0 Å². The molecule has 0 bridgehead atoms. The number of halogens is 2. The first kappa shape index (κ1) is 19.5. The van der Waals surface area contributed by atoms with Crippen molar-refractivity contribution in [3.63, 3.8) is 0 Å². The summed E-state index contributed by atoms with van der Waals surface area (Å²) in [7, 11) is 1.54. The average Bonchev–Trinajstić information content (AvgIpc) is 2.69. The van der Waals surface area contributed by atoms with Crippen LogP contribution in [0.15, 0.2) is 52.4 Å². The standard InChI is InChI=1S/C18H14F2N4O3S/c1-27-12-5-2-10(3-6-12)16-17(26)22-18(24-23-16)28-9-15(25)21-14-7-4-11(19)8-13(14)20/h2-8H,9H2,1H3,(H,21,25)(H,22,24,26). The lowest BCUT2D eigenvalue weighted by molar-refractivity contribution is -0.113. The normalized spacial score (nSPS) is 10.5. The number of nitrogens with zero attached hydrogens (tertiary/aromatic N) is 2. The Hall–Kier alpha value is -3.27. The number of ether oxygens (including phenoxy) is 1. The lowest BCUT2D eigenvalue weighted by Crippen LogP contribution is -2.17. The number of nitrogens with one attached hydrogen (secondary N) is 2. The van der Waals surface area contributed by atoms with Crippen molar-refractivity contribution >= 4 is 23.4 Å². The maximum absolute atomic E-state index is 13.5. The van der Waals surface area contributed by atoms with Crippen LogP contribution in [0.2, 0.25) is 0 Å². The molecule has 3 aromatic rings. The van der Waals surface area contributed by atoms with Crippen LogP contribution in [0.5, 0.6) is 5.75 Å². The van der Waals surface area contributed by atoms with Crippen LogP contribution in [0.4, 0.5) is 14.5 Å². The number of rotatable bonds is 6. The Morgan fingerprint density at radius 1 is 1.18 bits per heavy atom. The van der Waals surface area contributed by atoms with Gasteiger partial charge in [0.2, 0.25) is 5.91 Å². The van der Waals surface area contributed by atoms with Gasteiger partial charge in [-0.1, -0.05) is 11.8 Å². The fourth-order valence-corrected chi connectivity index (χ4v) is 2.84. The molecule has 7 nitrogen and oxygen atoms in total. The Morgan fingerprint density at radius 2 is 1.93 bits per heavy atom. The molecule has 1 aromatic heterocycles. The molecule has 0 aliphatic carbocycles. The fraction of sp³-hybridized carbons (Fsp3) is 0.111. The Kier molecular flexibility index (Phi) is 5.99. The van der Waals surface area contributed by atoms with Crippen LogP contribution < -0.4 is 15.6 Å². The average molecular weight is 404 g/mol. The zero-order chi connectivity index (χ0) is 20.1. The van der Waals surface area contributed by atoms with Gasteiger partial charge in [-0.15, -0.1) is 10.2 Å². The molecule has 0 unspecified atom stereocenters. The molecular weight excluding hydrogens is 390 g/mol. The number of anilines is 1. The van der Waals surface area contributed by atoms with Gasteiger partial charge in [0.15, 0.2) is 10.9 Å². The quantitative estimate of drug-likeness (QED) is 0.614. The van der Waals surface area contributed by atoms with Gasteiger partial charge in [-0.2, -0.15) is 0 Å². The molecule has 0 saturated carbocycles. The summed E-state index contributed by atoms with van der Waals surface area (Å²) in [6.07, 6.45) is 0. The Bertz CT molecular complexity index is 1060. The minimum absolute atomic E-state index is 0.129. The zero-order valence-electron chi connectivity index (χ0n) is 14.5. The van der Waals surface area contributed by atoms with Crippen molar-refractivity contribution in [1.29, 1.82) is 0 Å². The number of aromatic amines is 1. The van der Waals surface area contributed by atoms with Crippen LogP contribution in [0.1, 0.15) is 0 Å². The van der Waals surface area contributed by atoms with Crippen molar-refractivity contribution < 1.29 is 18.3 Å². The highest BCUT2D eigenvalue weighted by atomic mass is 32.2. The predicted molar refractivity (Wildman–Crippen MR) is 100 cm³/mol. The van der Waals surface area contributed by atoms with E-state index >= 15 is 0 Å². The maximum atomic E-state index is 13.5. The molecule has 1 amide bonds. The van der Waals surface area contributed by atoms with Crippen molar-refractivity contribution in [2.75, 3.05) is 18.2 Å². The number of aromatic nitrogens is 3. The number of carbonyl (C=O) groups excluding carboxylic acids is 1. The summed E-state index contributed by atoms with van der Waals surface area (Å²) in [5.74, 6) is -1.67. The van der Waals surface area contributed by atoms with E-state index in [2.05, 4.69) is 20.5 Å². The van der Waals surface area contributed by atoms with Crippen LogP contribution in [-0.4, -0.2) is 34.0 Å². The van der Waals surface area contributed by atoms with E-state index in [1.54, 1.807) is 24.3 Å². The van der Waals surface area contributed by atoms with Crippen LogP contribution in [0.3, 0.4) is 0 Å². The number of hydrogen-bond acceptors (Lipinski definition) is 6. The van der Waals surface area contributed by atoms with Gasteiger partial charge < -0.3 is 10.1 Å². The molecule has 0 saturated heterocycles. The highest BCUT2D eigenvalue weighted by molar-refractivity contribution is 7.99. The second-order valence-electron chi connectivity index (χ2n) is 5.50. The van der Waals surface area contributed by atoms with Crippen LogP contribution in [0.25, 0.3) is 11.3 Å². The Morgan fingerprint density at radius 3 is 2.57 bits per heavy atom. The summed E-state index contributed by atoms with van der Waals surface area (Å²) >= 11 is 0.923. The molecule has 0 spiro atoms. The molecule has 28 heavy (non-hydrogen) atoms. The van der Waals surface area contributed by atoms with Crippen LogP contribution in [0, 0.1) is 11.6 Å². The van der Waals surface area contributed by atoms with Crippen molar-refractivity contribution in [2.45, 2.75) is 5.16 Å². The minimum atomic E-state index is -0.879. The molecule has 1 heterocycles. The molecule has 3 rings (SSSR count). The van der Waals surface area contributed by atoms with E-state index in [4.69, 9.17) is 4.74 Å². The second-order valence-corrected chi connectivity index (χ2v) is 6.46. The maximum Gasteiger partial charge on any atom is 0.278 e. The zero-order valence-corrected chi connectivity index (χ0v) is 15.3. The molecular formula is C18H14F2N4O3S. The fourth-order valence-electron chi connectivity index (χ4n) is 2.24. The summed E-state index contributed by atoms with van der Waals surface area (Å²) in [5, 5.41) is 10.2. The largest absolute Gasteiger partial charge is 0.497 e. The third-order valence-corrected chi connectivity index (χ3v) is 4.45. The monoisotopic (exact) mass is 404 g/mol. The number of methoxy groups -OCH3 is 1. The lowest BCUT2D eigenvalue weighted by atomic mass is 10.1. The van der Waals surface area contributed by atoms with Gasteiger partial charge in [0.1, 0.15) is 17.4 Å². The van der Waals surface area contributed by atoms with Gasteiger partial charge in [-0.05, 0) is 36.4 Å². The first-order valence-corrected chi connectivity index (χ1v) is 8.94. The van der Waals surface area contributed by atoms with Crippen molar-refractivity contribution in [3.8, 4) is 17.0 Å². The lowest BCUT2D eigenvalue weighted by Gasteiger charge is -2.06. The van der Waals surface area contributed by atoms with Crippen LogP contribution in [-0.2, 0) is 4.79 Å². The van der Waals surface area contributed by atoms with E-state index in [9.17, 15) is 18.4 Å². The van der Waals surface area contributed by atoms with Gasteiger partial charge in [0.25, 0.3) is 5.56 Å². The summed E-state index contributed by atoms with van der Waals surface area (Å²) in [6, 6.07) is 9.57. The number of thioether (sulfide) groups is 1. The summed E-state index contributed by atoms with van der Waals surface area (Å²) in [4.78, 5) is 26.7. The van der Waals surface area contributed by atoms with Gasteiger partial charge in [-0.3, -0.25) is 14.6 Å². The smallest absolute Gasteiger partial charge is 0.278 e. The molecule has 10 heteroatoms. The van der Waals surface area contributed by atoms with Crippen molar-refractivity contribution in [2.24, 2.45) is 0 Å². The molecule has 2 aromatic carbocycles. The summed E-state index contributed by atoms with van der Waals surface area (Å²) in [5.41, 5.74) is 0.0922. The number of carbonyl (C=O) groups is 1. The molecule has 0 radical (unpaired) electrons. The third-order valence-electron chi connectivity index (χ3n) is 3.59. The number of benzene rings is 2. The summed E-state index contributed by atoms with van der Waals surface area (Å²) in [6.45, 7) is 0. The first-order chi connectivity index (χ1) is 13.5. The predicted octanol–water partition coefficient (Wildman–Crippen LogP) is 2.85. The SMILES string of the molecule is COc1ccc(-c2nnc(SCC(=O)Nc3ccc(F)cc3F)[nH]c2=O)cc1. The van der Waals surface area contributed by atoms with E-state index < -0.39 is 23.1 Å². The Balaban J connectivity index is 1.64. The highest BCUT2D eigenvalue weighted by Crippen LogP contribution is 2.19. The van der Waals surface area contributed by atoms with E-state index in [1.807, 2.05) is 0 Å². The second kappa shape index (κ2) is 8.61. The Labute approximate surface area is 162 Å². The molecule has 2 N–H and O–H groups in total. The molecule has 0 aliphatic heterocycles. The highest BCUT2D eigenvalue weighted by Gasteiger charge is 2.12. The third kappa shape index (κ3) is 4.71. The molecule has 144 valence electrons. The summed E-state index contributed by atoms with van der Waals surface area (Å²) < 4.78 is 31.5. The van der Waals surface area contributed by atoms with Crippen molar-refractivity contribution in [3.05, 3.63) is 64.5 Å². The van der Waals surface area contributed by atoms with E-state index in [-0.39, 0.29) is 22.3 Å². The van der Waals surface area contributed by atoms with E-state index in [0.717, 1.165) is 23.9 Å². The van der Waals surface area contributed by atoms with Gasteiger partial charge in [-0.25, -0.2) is 8.78 Å². The topological polar surface area (TPSA) is 97.0 Å². The number of hydrogen-bond donors (Lipinski definition) is 2. The molecule has 0 fully saturated rings. The van der Waals surface area contributed by atoms with E-state index in [0.29, 0.717) is 17.4 Å².